The first-order valence-electron chi connectivity index (χ1n) is 7.04. The molecule has 0 aliphatic heterocycles. The minimum absolute atomic E-state index is 0.488. The Balaban J connectivity index is 2.01. The minimum Gasteiger partial charge on any atom is -0.492 e. The van der Waals surface area contributed by atoms with Gasteiger partial charge in [0.1, 0.15) is 11.5 Å². The maximum Gasteiger partial charge on any atom is 0.148 e. The van der Waals surface area contributed by atoms with Crippen LogP contribution in [-0.2, 0) is 0 Å². The zero-order valence-electron chi connectivity index (χ0n) is 12.0. The van der Waals surface area contributed by atoms with Crippen molar-refractivity contribution >= 4 is 33.0 Å². The van der Waals surface area contributed by atoms with Gasteiger partial charge in [-0.25, -0.2) is 0 Å². The average Bonchev–Trinajstić information content (AvgIpc) is 3.20. The number of aromatic nitrogens is 1. The number of thiocarbonyl (C=S) groups is 1. The first-order valence-corrected chi connectivity index (χ1v) is 8.24. The molecule has 21 heavy (non-hydrogen) atoms. The zero-order chi connectivity index (χ0) is 15.0. The summed E-state index contributed by atoms with van der Waals surface area (Å²) in [7, 11) is 0. The van der Waals surface area contributed by atoms with Crippen molar-refractivity contribution < 1.29 is 9.26 Å². The van der Waals surface area contributed by atoms with Crippen LogP contribution in [-0.4, -0.2) is 16.6 Å². The highest BCUT2D eigenvalue weighted by atomic mass is 79.9. The number of halogens is 1. The SMILES string of the molecule is CCOc1c(Br)ccc(C(=S)c2cnoc2C2CC2)c1C. The molecule has 1 fully saturated rings. The molecule has 1 aromatic carbocycles. The van der Waals surface area contributed by atoms with Gasteiger partial charge in [0.2, 0.25) is 0 Å². The van der Waals surface area contributed by atoms with Gasteiger partial charge in [0.25, 0.3) is 0 Å². The van der Waals surface area contributed by atoms with Crippen molar-refractivity contribution in [3.8, 4) is 5.75 Å². The number of hydrogen-bond donors (Lipinski definition) is 0. The van der Waals surface area contributed by atoms with Gasteiger partial charge in [0.15, 0.2) is 0 Å². The average molecular weight is 366 g/mol. The van der Waals surface area contributed by atoms with E-state index in [9.17, 15) is 0 Å². The topological polar surface area (TPSA) is 35.3 Å². The summed E-state index contributed by atoms with van der Waals surface area (Å²) in [5.41, 5.74) is 2.99. The van der Waals surface area contributed by atoms with Gasteiger partial charge in [-0.05, 0) is 54.2 Å². The molecule has 1 aliphatic rings. The molecule has 0 radical (unpaired) electrons. The summed E-state index contributed by atoms with van der Waals surface area (Å²) in [6.45, 7) is 4.63. The third-order valence-electron chi connectivity index (χ3n) is 3.68. The van der Waals surface area contributed by atoms with Gasteiger partial charge in [-0.15, -0.1) is 0 Å². The fraction of sp³-hybridized carbons (Fsp3) is 0.375. The van der Waals surface area contributed by atoms with Crippen LogP contribution < -0.4 is 4.74 Å². The molecule has 2 aromatic rings. The molecule has 0 saturated heterocycles. The molecular formula is C16H16BrNO2S. The van der Waals surface area contributed by atoms with Crippen LogP contribution in [0.2, 0.25) is 0 Å². The molecule has 110 valence electrons. The predicted octanol–water partition coefficient (Wildman–Crippen LogP) is 4.79. The van der Waals surface area contributed by atoms with Crippen molar-refractivity contribution in [2.24, 2.45) is 0 Å². The quantitative estimate of drug-likeness (QED) is 0.563. The van der Waals surface area contributed by atoms with Crippen LogP contribution in [0.3, 0.4) is 0 Å². The monoisotopic (exact) mass is 365 g/mol. The number of hydrogen-bond acceptors (Lipinski definition) is 4. The molecule has 0 unspecified atom stereocenters. The molecule has 1 saturated carbocycles. The summed E-state index contributed by atoms with van der Waals surface area (Å²) in [6, 6.07) is 4.00. The van der Waals surface area contributed by atoms with E-state index in [-0.39, 0.29) is 0 Å². The van der Waals surface area contributed by atoms with Crippen molar-refractivity contribution in [2.45, 2.75) is 32.6 Å². The van der Waals surface area contributed by atoms with Crippen molar-refractivity contribution in [1.29, 1.82) is 0 Å². The molecule has 5 heteroatoms. The van der Waals surface area contributed by atoms with E-state index in [1.54, 1.807) is 6.20 Å². The lowest BCUT2D eigenvalue weighted by atomic mass is 9.99. The van der Waals surface area contributed by atoms with Crippen LogP contribution in [0.15, 0.2) is 27.3 Å². The Morgan fingerprint density at radius 2 is 2.19 bits per heavy atom. The van der Waals surface area contributed by atoms with Gasteiger partial charge in [0.05, 0.1) is 27.7 Å². The van der Waals surface area contributed by atoms with E-state index >= 15 is 0 Å². The molecule has 0 bridgehead atoms. The molecule has 0 N–H and O–H groups in total. The van der Waals surface area contributed by atoms with E-state index in [2.05, 4.69) is 21.1 Å². The van der Waals surface area contributed by atoms with Gasteiger partial charge >= 0.3 is 0 Å². The molecule has 0 atom stereocenters. The van der Waals surface area contributed by atoms with Crippen LogP contribution in [0.4, 0.5) is 0 Å². The fourth-order valence-electron chi connectivity index (χ4n) is 2.43. The summed E-state index contributed by atoms with van der Waals surface area (Å²) in [4.78, 5) is 0.782. The highest BCUT2D eigenvalue weighted by Crippen LogP contribution is 2.42. The lowest BCUT2D eigenvalue weighted by Gasteiger charge is -2.14. The Morgan fingerprint density at radius 1 is 1.43 bits per heavy atom. The number of ether oxygens (including phenoxy) is 1. The Bertz CT molecular complexity index is 692. The first-order chi connectivity index (χ1) is 10.1. The number of benzene rings is 1. The summed E-state index contributed by atoms with van der Waals surface area (Å²) < 4.78 is 12.1. The largest absolute Gasteiger partial charge is 0.492 e. The van der Waals surface area contributed by atoms with E-state index in [1.807, 2.05) is 26.0 Å². The summed E-state index contributed by atoms with van der Waals surface area (Å²) in [6.07, 6.45) is 4.06. The summed E-state index contributed by atoms with van der Waals surface area (Å²) in [5, 5.41) is 3.93. The lowest BCUT2D eigenvalue weighted by molar-refractivity contribution is 0.335. The highest BCUT2D eigenvalue weighted by Gasteiger charge is 2.32. The van der Waals surface area contributed by atoms with E-state index in [0.29, 0.717) is 12.5 Å². The van der Waals surface area contributed by atoms with Gasteiger partial charge in [-0.1, -0.05) is 23.4 Å². The zero-order valence-corrected chi connectivity index (χ0v) is 14.4. The standard InChI is InChI=1S/C16H16BrNO2S/c1-3-19-14-9(2)11(6-7-13(14)17)16(21)12-8-18-20-15(12)10-4-5-10/h6-8,10H,3-5H2,1-2H3. The molecule has 0 spiro atoms. The van der Waals surface area contributed by atoms with Crippen molar-refractivity contribution in [3.63, 3.8) is 0 Å². The molecule has 3 nitrogen and oxygen atoms in total. The Morgan fingerprint density at radius 3 is 2.86 bits per heavy atom. The third-order valence-corrected chi connectivity index (χ3v) is 4.75. The molecule has 3 rings (SSSR count). The molecule has 1 aliphatic carbocycles. The van der Waals surface area contributed by atoms with Gasteiger partial charge in [-0.3, -0.25) is 0 Å². The van der Waals surface area contributed by atoms with E-state index in [1.165, 1.54) is 0 Å². The van der Waals surface area contributed by atoms with E-state index in [0.717, 1.165) is 50.4 Å². The maximum absolute atomic E-state index is 5.72. The second kappa shape index (κ2) is 5.89. The number of nitrogens with zero attached hydrogens (tertiary/aromatic N) is 1. The molecule has 1 heterocycles. The lowest BCUT2D eigenvalue weighted by Crippen LogP contribution is -2.06. The van der Waals surface area contributed by atoms with Gasteiger partial charge in [0, 0.05) is 11.5 Å². The van der Waals surface area contributed by atoms with Crippen LogP contribution in [0.1, 0.15) is 48.1 Å². The second-order valence-electron chi connectivity index (χ2n) is 5.19. The third kappa shape index (κ3) is 2.77. The Kier molecular flexibility index (Phi) is 4.13. The first kappa shape index (κ1) is 14.7. The normalized spacial score (nSPS) is 14.2. The Labute approximate surface area is 137 Å². The van der Waals surface area contributed by atoms with Crippen LogP contribution in [0.5, 0.6) is 5.75 Å². The van der Waals surface area contributed by atoms with E-state index in [4.69, 9.17) is 21.5 Å². The van der Waals surface area contributed by atoms with Crippen molar-refractivity contribution in [2.75, 3.05) is 6.61 Å². The number of rotatable bonds is 5. The summed E-state index contributed by atoms with van der Waals surface area (Å²) >= 11 is 9.21. The predicted molar refractivity (Wildman–Crippen MR) is 89.3 cm³/mol. The molecular weight excluding hydrogens is 350 g/mol. The van der Waals surface area contributed by atoms with E-state index < -0.39 is 0 Å². The Hall–Kier alpha value is -1.20. The molecule has 1 aromatic heterocycles. The highest BCUT2D eigenvalue weighted by molar-refractivity contribution is 9.10. The second-order valence-corrected chi connectivity index (χ2v) is 6.45. The fourth-order valence-corrected chi connectivity index (χ4v) is 3.35. The van der Waals surface area contributed by atoms with Crippen LogP contribution in [0, 0.1) is 6.92 Å². The van der Waals surface area contributed by atoms with Crippen molar-refractivity contribution in [1.82, 2.24) is 5.16 Å². The molecule has 0 amide bonds. The maximum atomic E-state index is 5.72. The van der Waals surface area contributed by atoms with Crippen LogP contribution >= 0.6 is 28.1 Å². The van der Waals surface area contributed by atoms with Crippen molar-refractivity contribution in [3.05, 3.63) is 45.3 Å². The van der Waals surface area contributed by atoms with Gasteiger partial charge in [-0.2, -0.15) is 0 Å². The minimum atomic E-state index is 0.488. The van der Waals surface area contributed by atoms with Gasteiger partial charge < -0.3 is 9.26 Å². The smallest absolute Gasteiger partial charge is 0.148 e. The summed E-state index contributed by atoms with van der Waals surface area (Å²) in [5.74, 6) is 2.27. The van der Waals surface area contributed by atoms with Crippen LogP contribution in [0.25, 0.3) is 0 Å².